The molecule has 0 aliphatic carbocycles. The van der Waals surface area contributed by atoms with Crippen LogP contribution in [0.5, 0.6) is 0 Å². The van der Waals surface area contributed by atoms with Crippen molar-refractivity contribution < 1.29 is 18.8 Å². The first-order chi connectivity index (χ1) is 21.3. The SMILES string of the molecule is CCc1ccc(C(=O)c2cc(Cl)ccc2N)cc1.CON(C)C(=O)c1cc(Cl)ccc1N.O=c1[nH]c2ccc(Cl)cc2c(=O)o1. The molecule has 0 unspecified atom stereocenters. The first-order valence-electron chi connectivity index (χ1n) is 13.2. The highest BCUT2D eigenvalue weighted by Crippen LogP contribution is 2.22. The molecule has 1 amide bonds. The van der Waals surface area contributed by atoms with Crippen LogP contribution < -0.4 is 22.8 Å². The largest absolute Gasteiger partial charge is 0.419 e. The molecule has 0 radical (unpaired) electrons. The van der Waals surface area contributed by atoms with Gasteiger partial charge >= 0.3 is 11.4 Å². The summed E-state index contributed by atoms with van der Waals surface area (Å²) >= 11 is 17.3. The summed E-state index contributed by atoms with van der Waals surface area (Å²) in [6, 6.07) is 21.8. The van der Waals surface area contributed by atoms with Crippen LogP contribution in [0.15, 0.2) is 92.9 Å². The van der Waals surface area contributed by atoms with E-state index < -0.39 is 11.4 Å². The number of nitrogens with zero attached hydrogens (tertiary/aromatic N) is 1. The normalized spacial score (nSPS) is 10.3. The average molecular weight is 672 g/mol. The van der Waals surface area contributed by atoms with Gasteiger partial charge in [0, 0.05) is 44.6 Å². The number of hydroxylamine groups is 2. The minimum absolute atomic E-state index is 0.0994. The molecule has 5 N–H and O–H groups in total. The van der Waals surface area contributed by atoms with Crippen LogP contribution in [-0.2, 0) is 11.3 Å². The summed E-state index contributed by atoms with van der Waals surface area (Å²) in [5, 5.41) is 2.76. The summed E-state index contributed by atoms with van der Waals surface area (Å²) in [7, 11) is 2.90. The lowest BCUT2D eigenvalue weighted by atomic mass is 10.0. The number of hydrogen-bond acceptors (Lipinski definition) is 8. The number of anilines is 2. The van der Waals surface area contributed by atoms with E-state index in [2.05, 4.69) is 16.3 Å². The third-order valence-electron chi connectivity index (χ3n) is 6.31. The first-order valence-corrected chi connectivity index (χ1v) is 14.4. The molecule has 10 nitrogen and oxygen atoms in total. The fraction of sp³-hybridized carbons (Fsp3) is 0.125. The maximum absolute atomic E-state index is 12.3. The van der Waals surface area contributed by atoms with E-state index in [0.717, 1.165) is 11.5 Å². The van der Waals surface area contributed by atoms with Crippen LogP contribution >= 0.6 is 34.8 Å². The zero-order valence-corrected chi connectivity index (χ0v) is 26.7. The van der Waals surface area contributed by atoms with Gasteiger partial charge in [-0.3, -0.25) is 19.4 Å². The van der Waals surface area contributed by atoms with Crippen molar-refractivity contribution in [3.8, 4) is 0 Å². The first kappa shape index (κ1) is 34.9. The Morgan fingerprint density at radius 2 is 1.36 bits per heavy atom. The predicted molar refractivity (Wildman–Crippen MR) is 178 cm³/mol. The molecule has 45 heavy (non-hydrogen) atoms. The summed E-state index contributed by atoms with van der Waals surface area (Å²) in [5.41, 5.74) is 14.6. The van der Waals surface area contributed by atoms with Crippen molar-refractivity contribution in [1.29, 1.82) is 0 Å². The molecular formula is C32H29Cl3N4O6. The Morgan fingerprint density at radius 3 is 1.93 bits per heavy atom. The maximum atomic E-state index is 12.3. The van der Waals surface area contributed by atoms with Gasteiger partial charge in [-0.05, 0) is 66.6 Å². The molecule has 5 aromatic rings. The molecule has 5 rings (SSSR count). The van der Waals surface area contributed by atoms with Crippen LogP contribution in [0.3, 0.4) is 0 Å². The van der Waals surface area contributed by atoms with Crippen LogP contribution in [0.25, 0.3) is 10.9 Å². The van der Waals surface area contributed by atoms with Gasteiger partial charge in [0.1, 0.15) is 0 Å². The zero-order chi connectivity index (χ0) is 33.3. The van der Waals surface area contributed by atoms with Gasteiger partial charge in [0.25, 0.3) is 5.91 Å². The summed E-state index contributed by atoms with van der Waals surface area (Å²) in [4.78, 5) is 52.9. The van der Waals surface area contributed by atoms with E-state index in [-0.39, 0.29) is 17.1 Å². The second-order valence-electron chi connectivity index (χ2n) is 9.32. The number of amides is 1. The van der Waals surface area contributed by atoms with Crippen molar-refractivity contribution >= 4 is 68.8 Å². The van der Waals surface area contributed by atoms with Crippen molar-refractivity contribution in [2.75, 3.05) is 25.6 Å². The van der Waals surface area contributed by atoms with Gasteiger partial charge in [0.2, 0.25) is 0 Å². The number of aromatic amines is 1. The number of halogens is 3. The molecule has 0 aliphatic heterocycles. The minimum atomic E-state index is -0.764. The molecule has 4 aromatic carbocycles. The number of rotatable bonds is 5. The van der Waals surface area contributed by atoms with Gasteiger partial charge < -0.3 is 15.9 Å². The van der Waals surface area contributed by atoms with Gasteiger partial charge in [-0.25, -0.2) is 14.7 Å². The highest BCUT2D eigenvalue weighted by Gasteiger charge is 2.15. The lowest BCUT2D eigenvalue weighted by Crippen LogP contribution is -2.26. The van der Waals surface area contributed by atoms with Crippen molar-refractivity contribution in [1.82, 2.24) is 10.0 Å². The summed E-state index contributed by atoms with van der Waals surface area (Å²) < 4.78 is 4.32. The van der Waals surface area contributed by atoms with E-state index in [9.17, 15) is 19.2 Å². The van der Waals surface area contributed by atoms with Crippen molar-refractivity contribution in [3.63, 3.8) is 0 Å². The number of nitrogens with one attached hydrogen (secondary N) is 1. The van der Waals surface area contributed by atoms with Gasteiger partial charge in [-0.1, -0.05) is 66.0 Å². The van der Waals surface area contributed by atoms with Crippen molar-refractivity contribution in [3.05, 3.63) is 137 Å². The summed E-state index contributed by atoms with van der Waals surface area (Å²) in [6.07, 6.45) is 0.952. The second-order valence-corrected chi connectivity index (χ2v) is 10.6. The number of carbonyl (C=O) groups excluding carboxylic acids is 2. The zero-order valence-electron chi connectivity index (χ0n) is 24.4. The number of ketones is 1. The third-order valence-corrected chi connectivity index (χ3v) is 7.02. The van der Waals surface area contributed by atoms with E-state index >= 15 is 0 Å². The molecule has 13 heteroatoms. The molecule has 0 fully saturated rings. The number of benzene rings is 4. The summed E-state index contributed by atoms with van der Waals surface area (Å²) in [5.74, 6) is -1.19. The third kappa shape index (κ3) is 9.44. The molecule has 0 saturated carbocycles. The Labute approximate surface area is 273 Å². The Bertz CT molecular complexity index is 1940. The number of H-pyrrole nitrogens is 1. The monoisotopic (exact) mass is 670 g/mol. The number of aryl methyl sites for hydroxylation is 1. The standard InChI is InChI=1S/C15H14ClNO.C9H11ClN2O2.C8H4ClNO3/c1-2-10-3-5-11(6-4-10)15(18)13-9-12(16)7-8-14(13)17;1-12(14-2)9(13)7-5-6(10)3-4-8(7)11;9-4-1-2-6-5(3-4)7(11)13-8(12)10-6/h3-9H,2,17H2,1H3;3-5H,11H2,1-2H3;1-3H,(H,10,12). The van der Waals surface area contributed by atoms with Gasteiger partial charge in [0.05, 0.1) is 23.6 Å². The smallest absolute Gasteiger partial charge is 0.398 e. The lowest BCUT2D eigenvalue weighted by Gasteiger charge is -2.14. The number of carbonyl (C=O) groups is 2. The lowest BCUT2D eigenvalue weighted by molar-refractivity contribution is -0.0756. The number of hydrogen-bond donors (Lipinski definition) is 3. The highest BCUT2D eigenvalue weighted by atomic mass is 35.5. The van der Waals surface area contributed by atoms with Crippen LogP contribution in [0, 0.1) is 0 Å². The van der Waals surface area contributed by atoms with E-state index in [1.165, 1.54) is 31.9 Å². The minimum Gasteiger partial charge on any atom is -0.398 e. The van der Waals surface area contributed by atoms with Gasteiger partial charge in [-0.2, -0.15) is 0 Å². The molecule has 234 valence electrons. The van der Waals surface area contributed by atoms with E-state index in [0.29, 0.717) is 48.6 Å². The van der Waals surface area contributed by atoms with Crippen molar-refractivity contribution in [2.45, 2.75) is 13.3 Å². The Hall–Kier alpha value is -4.61. The average Bonchev–Trinajstić information content (AvgIpc) is 3.03. The Balaban J connectivity index is 0.000000187. The maximum Gasteiger partial charge on any atom is 0.419 e. The van der Waals surface area contributed by atoms with E-state index in [1.807, 2.05) is 24.3 Å². The molecule has 0 saturated heterocycles. The number of nitrogens with two attached hydrogens (primary N) is 2. The second kappa shape index (κ2) is 15.9. The molecule has 1 heterocycles. The quantitative estimate of drug-likeness (QED) is 0.110. The Morgan fingerprint density at radius 1 is 0.822 bits per heavy atom. The molecule has 0 atom stereocenters. The van der Waals surface area contributed by atoms with Crippen molar-refractivity contribution in [2.24, 2.45) is 0 Å². The fourth-order valence-corrected chi connectivity index (χ4v) is 4.32. The number of nitrogen functional groups attached to an aromatic ring is 2. The molecular weight excluding hydrogens is 643 g/mol. The van der Waals surface area contributed by atoms with Gasteiger partial charge in [-0.15, -0.1) is 0 Å². The highest BCUT2D eigenvalue weighted by molar-refractivity contribution is 6.32. The van der Waals surface area contributed by atoms with Crippen LogP contribution in [-0.4, -0.2) is 35.9 Å². The van der Waals surface area contributed by atoms with Crippen LogP contribution in [0.2, 0.25) is 15.1 Å². The molecule has 0 bridgehead atoms. The van der Waals surface area contributed by atoms with E-state index in [4.69, 9.17) is 51.1 Å². The van der Waals surface area contributed by atoms with E-state index in [1.54, 1.807) is 42.5 Å². The molecule has 0 spiro atoms. The fourth-order valence-electron chi connectivity index (χ4n) is 3.81. The molecule has 0 aliphatic rings. The Kier molecular flexibility index (Phi) is 12.3. The summed E-state index contributed by atoms with van der Waals surface area (Å²) in [6.45, 7) is 2.08. The van der Waals surface area contributed by atoms with Crippen LogP contribution in [0.4, 0.5) is 11.4 Å². The van der Waals surface area contributed by atoms with Crippen LogP contribution in [0.1, 0.15) is 38.8 Å². The molecule has 1 aromatic heterocycles. The number of fused-ring (bicyclic) bond motifs is 1. The van der Waals surface area contributed by atoms with Gasteiger partial charge in [0.15, 0.2) is 5.78 Å². The number of aromatic nitrogens is 1. The predicted octanol–water partition coefficient (Wildman–Crippen LogP) is 6.41. The topological polar surface area (TPSA) is 162 Å².